The number of carbonyl (C=O) groups is 1. The predicted octanol–water partition coefficient (Wildman–Crippen LogP) is 2.76. The summed E-state index contributed by atoms with van der Waals surface area (Å²) < 4.78 is 0. The Hall–Kier alpha value is -3.28. The Morgan fingerprint density at radius 1 is 1.07 bits per heavy atom. The van der Waals surface area contributed by atoms with Gasteiger partial charge in [0.05, 0.1) is 5.69 Å². The summed E-state index contributed by atoms with van der Waals surface area (Å²) in [5.74, 6) is 0.761. The van der Waals surface area contributed by atoms with E-state index in [1.807, 2.05) is 30.3 Å². The van der Waals surface area contributed by atoms with Crippen LogP contribution in [-0.2, 0) is 12.8 Å². The van der Waals surface area contributed by atoms with E-state index in [9.17, 15) is 9.59 Å². The first-order valence-electron chi connectivity index (χ1n) is 9.57. The number of pyridine rings is 1. The molecule has 0 fully saturated rings. The summed E-state index contributed by atoms with van der Waals surface area (Å²) in [4.78, 5) is 36.5. The highest BCUT2D eigenvalue weighted by Crippen LogP contribution is 2.23. The number of aromatic nitrogens is 3. The number of H-pyrrole nitrogens is 1. The first-order chi connectivity index (χ1) is 13.7. The number of hydrogen-bond acceptors (Lipinski definition) is 4. The Labute approximate surface area is 163 Å². The molecule has 0 saturated carbocycles. The second-order valence-corrected chi connectivity index (χ2v) is 7.07. The normalized spacial score (nSPS) is 16.1. The highest BCUT2D eigenvalue weighted by molar-refractivity contribution is 5.92. The van der Waals surface area contributed by atoms with Gasteiger partial charge in [0.1, 0.15) is 11.5 Å². The van der Waals surface area contributed by atoms with Crippen LogP contribution in [0.5, 0.6) is 0 Å². The van der Waals surface area contributed by atoms with Gasteiger partial charge < -0.3 is 10.3 Å². The summed E-state index contributed by atoms with van der Waals surface area (Å²) in [6, 6.07) is 15.0. The fourth-order valence-corrected chi connectivity index (χ4v) is 3.60. The van der Waals surface area contributed by atoms with Crippen LogP contribution in [0.4, 0.5) is 0 Å². The van der Waals surface area contributed by atoms with Crippen molar-refractivity contribution in [3.05, 3.63) is 82.0 Å². The van der Waals surface area contributed by atoms with Gasteiger partial charge in [0.2, 0.25) is 0 Å². The fraction of sp³-hybridized carbons (Fsp3) is 0.273. The zero-order chi connectivity index (χ0) is 19.3. The number of fused-ring (bicyclic) bond motifs is 1. The Morgan fingerprint density at radius 2 is 1.86 bits per heavy atom. The number of rotatable bonds is 4. The summed E-state index contributed by atoms with van der Waals surface area (Å²) in [5, 5.41) is 2.97. The van der Waals surface area contributed by atoms with Crippen molar-refractivity contribution in [1.82, 2.24) is 20.3 Å². The maximum atomic E-state index is 12.6. The maximum absolute atomic E-state index is 12.6. The van der Waals surface area contributed by atoms with Crippen LogP contribution in [0.25, 0.3) is 11.4 Å². The molecule has 1 amide bonds. The van der Waals surface area contributed by atoms with E-state index in [4.69, 9.17) is 4.98 Å². The minimum Gasteiger partial charge on any atom is -0.350 e. The third-order valence-electron chi connectivity index (χ3n) is 5.19. The Morgan fingerprint density at radius 3 is 2.64 bits per heavy atom. The summed E-state index contributed by atoms with van der Waals surface area (Å²) in [6.07, 6.45) is 4.77. The number of aryl methyl sites for hydroxylation is 1. The van der Waals surface area contributed by atoms with Crippen molar-refractivity contribution in [1.29, 1.82) is 0 Å². The van der Waals surface area contributed by atoms with E-state index in [2.05, 4.69) is 15.3 Å². The van der Waals surface area contributed by atoms with E-state index >= 15 is 0 Å². The molecule has 28 heavy (non-hydrogen) atoms. The van der Waals surface area contributed by atoms with Crippen LogP contribution >= 0.6 is 0 Å². The first kappa shape index (κ1) is 18.1. The van der Waals surface area contributed by atoms with Gasteiger partial charge in [0.25, 0.3) is 11.5 Å². The lowest BCUT2D eigenvalue weighted by Gasteiger charge is -2.14. The van der Waals surface area contributed by atoms with E-state index in [1.165, 1.54) is 0 Å². The largest absolute Gasteiger partial charge is 0.350 e. The topological polar surface area (TPSA) is 87.7 Å². The van der Waals surface area contributed by atoms with Crippen molar-refractivity contribution in [2.45, 2.75) is 25.7 Å². The Kier molecular flexibility index (Phi) is 5.28. The molecule has 0 saturated heterocycles. The summed E-state index contributed by atoms with van der Waals surface area (Å²) >= 11 is 0. The maximum Gasteiger partial charge on any atom is 0.269 e. The molecule has 6 nitrogen and oxygen atoms in total. The lowest BCUT2D eigenvalue weighted by molar-refractivity contribution is 0.0941. The number of aromatic amines is 1. The van der Waals surface area contributed by atoms with Crippen molar-refractivity contribution in [3.8, 4) is 11.4 Å². The van der Waals surface area contributed by atoms with Crippen molar-refractivity contribution < 1.29 is 4.79 Å². The van der Waals surface area contributed by atoms with Crippen LogP contribution in [-0.4, -0.2) is 27.4 Å². The van der Waals surface area contributed by atoms with Crippen molar-refractivity contribution in [2.75, 3.05) is 6.54 Å². The molecule has 2 N–H and O–H groups in total. The van der Waals surface area contributed by atoms with Crippen LogP contribution in [0, 0.1) is 5.92 Å². The molecule has 0 aliphatic heterocycles. The van der Waals surface area contributed by atoms with E-state index in [0.717, 1.165) is 36.1 Å². The van der Waals surface area contributed by atoms with Gasteiger partial charge in [0, 0.05) is 23.9 Å². The van der Waals surface area contributed by atoms with Crippen LogP contribution in [0.3, 0.4) is 0 Å². The smallest absolute Gasteiger partial charge is 0.269 e. The lowest BCUT2D eigenvalue weighted by atomic mass is 10.00. The summed E-state index contributed by atoms with van der Waals surface area (Å²) in [5.41, 5.74) is 2.93. The molecule has 1 aliphatic rings. The molecule has 2 aromatic heterocycles. The van der Waals surface area contributed by atoms with Gasteiger partial charge in [-0.05, 0) is 43.7 Å². The minimum atomic E-state index is -0.162. The van der Waals surface area contributed by atoms with Crippen LogP contribution < -0.4 is 10.9 Å². The van der Waals surface area contributed by atoms with Gasteiger partial charge in [-0.2, -0.15) is 0 Å². The SMILES string of the molecule is O=C(NCC1CCc2nc(-c3ccccc3)[nH]c(=O)c2CC1)c1ccccn1. The number of hydrogen-bond donors (Lipinski definition) is 2. The number of carbonyl (C=O) groups excluding carboxylic acids is 1. The zero-order valence-electron chi connectivity index (χ0n) is 15.5. The molecule has 142 valence electrons. The molecule has 3 aromatic rings. The average molecular weight is 374 g/mol. The molecule has 0 bridgehead atoms. The molecular formula is C22H22N4O2. The van der Waals surface area contributed by atoms with Crippen molar-refractivity contribution >= 4 is 5.91 Å². The Bertz CT molecular complexity index is 1020. The highest BCUT2D eigenvalue weighted by atomic mass is 16.2. The predicted molar refractivity (Wildman–Crippen MR) is 107 cm³/mol. The molecule has 1 atom stereocenters. The van der Waals surface area contributed by atoms with Gasteiger partial charge in [-0.3, -0.25) is 14.6 Å². The van der Waals surface area contributed by atoms with E-state index < -0.39 is 0 Å². The molecule has 1 unspecified atom stereocenters. The van der Waals surface area contributed by atoms with Crippen LogP contribution in [0.1, 0.15) is 34.6 Å². The molecule has 2 heterocycles. The van der Waals surface area contributed by atoms with Gasteiger partial charge in [-0.1, -0.05) is 36.4 Å². The zero-order valence-corrected chi connectivity index (χ0v) is 15.5. The van der Waals surface area contributed by atoms with Crippen LogP contribution in [0.2, 0.25) is 0 Å². The Balaban J connectivity index is 1.44. The van der Waals surface area contributed by atoms with Gasteiger partial charge in [0.15, 0.2) is 0 Å². The summed E-state index contributed by atoms with van der Waals surface area (Å²) in [7, 11) is 0. The van der Waals surface area contributed by atoms with Gasteiger partial charge in [-0.25, -0.2) is 4.98 Å². The first-order valence-corrected chi connectivity index (χ1v) is 9.57. The fourth-order valence-electron chi connectivity index (χ4n) is 3.60. The number of benzene rings is 1. The average Bonchev–Trinajstić information content (AvgIpc) is 2.96. The third kappa shape index (κ3) is 4.01. The second-order valence-electron chi connectivity index (χ2n) is 7.07. The molecule has 1 aliphatic carbocycles. The van der Waals surface area contributed by atoms with Crippen molar-refractivity contribution in [2.24, 2.45) is 5.92 Å². The number of nitrogens with one attached hydrogen (secondary N) is 2. The molecule has 1 aromatic carbocycles. The van der Waals surface area contributed by atoms with E-state index in [-0.39, 0.29) is 11.5 Å². The molecule has 4 rings (SSSR count). The lowest BCUT2D eigenvalue weighted by Crippen LogP contribution is -2.30. The van der Waals surface area contributed by atoms with E-state index in [1.54, 1.807) is 24.4 Å². The number of nitrogens with zero attached hydrogens (tertiary/aromatic N) is 2. The second kappa shape index (κ2) is 8.17. The molecule has 0 spiro atoms. The number of amides is 1. The molecule has 6 heteroatoms. The summed E-state index contributed by atoms with van der Waals surface area (Å²) in [6.45, 7) is 0.576. The van der Waals surface area contributed by atoms with Crippen molar-refractivity contribution in [3.63, 3.8) is 0 Å². The minimum absolute atomic E-state index is 0.0537. The van der Waals surface area contributed by atoms with Crippen LogP contribution in [0.15, 0.2) is 59.5 Å². The van der Waals surface area contributed by atoms with Gasteiger partial charge >= 0.3 is 0 Å². The standard InChI is InChI=1S/C22H22N4O2/c27-21-17-11-9-15(14-24-22(28)19-8-4-5-13-23-19)10-12-18(17)25-20(26-21)16-6-2-1-3-7-16/h1-8,13,15H,9-12,14H2,(H,24,28)(H,25,26,27). The monoisotopic (exact) mass is 374 g/mol. The highest BCUT2D eigenvalue weighted by Gasteiger charge is 2.21. The van der Waals surface area contributed by atoms with E-state index in [0.29, 0.717) is 30.4 Å². The third-order valence-corrected chi connectivity index (χ3v) is 5.19. The molecular weight excluding hydrogens is 352 g/mol. The quantitative estimate of drug-likeness (QED) is 0.688. The van der Waals surface area contributed by atoms with Gasteiger partial charge in [-0.15, -0.1) is 0 Å². The molecule has 0 radical (unpaired) electrons.